The number of hydrogen-bond donors (Lipinski definition) is 1. The molecule has 0 saturated heterocycles. The van der Waals surface area contributed by atoms with Crippen LogP contribution in [-0.2, 0) is 12.8 Å². The minimum atomic E-state index is -4.42. The molecule has 6 aromatic heterocycles. The van der Waals surface area contributed by atoms with Gasteiger partial charge in [0.2, 0.25) is 0 Å². The molecular formula is C42H26F4O2S6. The molecule has 3 aromatic carbocycles. The SMILES string of the molecule is CC(=O)c1sc2c(-c3cc4c(-c5ccc(C)s5)c5sc(-c6ccc(C(F)(F)F)cc6)cc5c(-c5ccc(C)s5)c4s3)sc(-c3ccc(CO)cc3)c2c1F. The summed E-state index contributed by atoms with van der Waals surface area (Å²) in [4.78, 5) is 20.7. The van der Waals surface area contributed by atoms with Crippen LogP contribution in [0.1, 0.15) is 37.5 Å². The van der Waals surface area contributed by atoms with Crippen LogP contribution < -0.4 is 0 Å². The van der Waals surface area contributed by atoms with Crippen LogP contribution in [0, 0.1) is 19.7 Å². The van der Waals surface area contributed by atoms with Crippen molar-refractivity contribution in [3.8, 4) is 51.5 Å². The van der Waals surface area contributed by atoms with Crippen LogP contribution in [-0.4, -0.2) is 10.9 Å². The van der Waals surface area contributed by atoms with Crippen molar-refractivity contribution in [3.63, 3.8) is 0 Å². The van der Waals surface area contributed by atoms with Crippen molar-refractivity contribution in [1.82, 2.24) is 0 Å². The summed E-state index contributed by atoms with van der Waals surface area (Å²) in [5, 5.41) is 12.2. The zero-order chi connectivity index (χ0) is 37.6. The third-order valence-corrected chi connectivity index (χ3v) is 16.6. The predicted octanol–water partition coefficient (Wildman–Crippen LogP) is 15.3. The number of alkyl halides is 3. The number of fused-ring (bicyclic) bond motifs is 3. The summed E-state index contributed by atoms with van der Waals surface area (Å²) in [5.41, 5.74) is 3.73. The highest BCUT2D eigenvalue weighted by Gasteiger charge is 2.31. The zero-order valence-corrected chi connectivity index (χ0v) is 33.5. The van der Waals surface area contributed by atoms with E-state index in [1.165, 1.54) is 29.6 Å². The minimum Gasteiger partial charge on any atom is -0.392 e. The number of aliphatic hydroxyl groups is 1. The summed E-state index contributed by atoms with van der Waals surface area (Å²) >= 11 is 9.31. The number of aliphatic hydroxyl groups excluding tert-OH is 1. The fourth-order valence-corrected chi connectivity index (χ4v) is 14.0. The fourth-order valence-electron chi connectivity index (χ4n) is 6.80. The highest BCUT2D eigenvalue weighted by Crippen LogP contribution is 2.57. The molecule has 0 bridgehead atoms. The van der Waals surface area contributed by atoms with Crippen LogP contribution in [0.3, 0.4) is 0 Å². The van der Waals surface area contributed by atoms with Gasteiger partial charge in [0.05, 0.1) is 21.7 Å². The largest absolute Gasteiger partial charge is 0.416 e. The topological polar surface area (TPSA) is 37.3 Å². The molecule has 270 valence electrons. The fraction of sp³-hybridized carbons (Fsp3) is 0.119. The molecule has 12 heteroatoms. The zero-order valence-electron chi connectivity index (χ0n) is 28.6. The van der Waals surface area contributed by atoms with Crippen LogP contribution in [0.15, 0.2) is 84.9 Å². The number of benzene rings is 3. The van der Waals surface area contributed by atoms with Gasteiger partial charge in [0.15, 0.2) is 11.6 Å². The normalized spacial score (nSPS) is 12.2. The van der Waals surface area contributed by atoms with E-state index < -0.39 is 17.6 Å². The van der Waals surface area contributed by atoms with Gasteiger partial charge in [-0.05, 0) is 79.1 Å². The highest BCUT2D eigenvalue weighted by molar-refractivity contribution is 7.33. The predicted molar refractivity (Wildman–Crippen MR) is 224 cm³/mol. The monoisotopic (exact) mass is 830 g/mol. The maximum Gasteiger partial charge on any atom is 0.416 e. The van der Waals surface area contributed by atoms with E-state index in [4.69, 9.17) is 0 Å². The molecular weight excluding hydrogens is 805 g/mol. The average molecular weight is 831 g/mol. The van der Waals surface area contributed by atoms with E-state index in [-0.39, 0.29) is 17.3 Å². The van der Waals surface area contributed by atoms with Gasteiger partial charge in [0.1, 0.15) is 4.88 Å². The molecule has 0 aliphatic heterocycles. The molecule has 0 amide bonds. The quantitative estimate of drug-likeness (QED) is 0.128. The first-order chi connectivity index (χ1) is 25.9. The Morgan fingerprint density at radius 1 is 0.630 bits per heavy atom. The van der Waals surface area contributed by atoms with Gasteiger partial charge in [-0.3, -0.25) is 4.79 Å². The molecule has 9 aromatic rings. The Labute approximate surface area is 330 Å². The first kappa shape index (κ1) is 35.7. The second kappa shape index (κ2) is 13.3. The van der Waals surface area contributed by atoms with Gasteiger partial charge in [-0.1, -0.05) is 36.4 Å². The van der Waals surface area contributed by atoms with Crippen molar-refractivity contribution < 1.29 is 27.5 Å². The first-order valence-corrected chi connectivity index (χ1v) is 21.6. The molecule has 0 aliphatic rings. The van der Waals surface area contributed by atoms with Crippen molar-refractivity contribution in [2.75, 3.05) is 0 Å². The molecule has 0 fully saturated rings. The van der Waals surface area contributed by atoms with E-state index in [2.05, 4.69) is 50.2 Å². The van der Waals surface area contributed by atoms with Crippen LogP contribution in [0.5, 0.6) is 0 Å². The Bertz CT molecular complexity index is 2820. The van der Waals surface area contributed by atoms with E-state index >= 15 is 4.39 Å². The molecule has 1 N–H and O–H groups in total. The Kier molecular flexibility index (Phi) is 8.81. The van der Waals surface area contributed by atoms with Crippen molar-refractivity contribution >= 4 is 104 Å². The molecule has 0 spiro atoms. The summed E-state index contributed by atoms with van der Waals surface area (Å²) in [5.74, 6) is -0.828. The maximum absolute atomic E-state index is 16.2. The molecule has 0 radical (unpaired) electrons. The summed E-state index contributed by atoms with van der Waals surface area (Å²) < 4.78 is 59.5. The lowest BCUT2D eigenvalue weighted by atomic mass is 9.99. The maximum atomic E-state index is 16.2. The third kappa shape index (κ3) is 5.90. The molecule has 9 rings (SSSR count). The van der Waals surface area contributed by atoms with Gasteiger partial charge >= 0.3 is 6.18 Å². The number of aryl methyl sites for hydroxylation is 2. The lowest BCUT2D eigenvalue weighted by Crippen LogP contribution is -2.03. The summed E-state index contributed by atoms with van der Waals surface area (Å²) in [6.45, 7) is 5.43. The average Bonchev–Trinajstić information content (AvgIpc) is 4.00. The number of thiophene rings is 6. The molecule has 6 heterocycles. The first-order valence-electron chi connectivity index (χ1n) is 16.7. The van der Waals surface area contributed by atoms with Gasteiger partial charge in [-0.25, -0.2) is 4.39 Å². The van der Waals surface area contributed by atoms with Crippen LogP contribution in [0.4, 0.5) is 17.6 Å². The standard InChI is InChI=1S/C42H26F4O2S6/c1-19-4-14-28(49-19)32-26-16-30(23-10-12-25(13-11-23)42(44,45)46)51-38(26)33(29-15-5-20(2)50-29)27-17-31(52-39(27)32)40-41-34(35(43)36(53-41)21(3)48)37(54-40)24-8-6-22(18-47)7-9-24/h4-17,47H,18H2,1-3H3. The summed E-state index contributed by atoms with van der Waals surface area (Å²) in [7, 11) is 0. The number of Topliss-reactive ketones (excluding diaryl/α,β-unsaturated/α-hetero) is 1. The van der Waals surface area contributed by atoms with Crippen LogP contribution in [0.25, 0.3) is 81.8 Å². The van der Waals surface area contributed by atoms with Gasteiger partial charge in [-0.15, -0.1) is 68.0 Å². The van der Waals surface area contributed by atoms with Crippen molar-refractivity contribution in [1.29, 1.82) is 0 Å². The molecule has 0 atom stereocenters. The van der Waals surface area contributed by atoms with Crippen molar-refractivity contribution in [2.24, 2.45) is 0 Å². The van der Waals surface area contributed by atoms with Crippen LogP contribution in [0.2, 0.25) is 0 Å². The van der Waals surface area contributed by atoms with Gasteiger partial charge in [-0.2, -0.15) is 13.2 Å². The Morgan fingerprint density at radius 2 is 1.19 bits per heavy atom. The smallest absolute Gasteiger partial charge is 0.392 e. The van der Waals surface area contributed by atoms with E-state index in [1.54, 1.807) is 57.5 Å². The Morgan fingerprint density at radius 3 is 1.70 bits per heavy atom. The Balaban J connectivity index is 1.34. The Hall–Kier alpha value is -4.01. The second-order valence-corrected chi connectivity index (χ2v) is 19.7. The number of ketones is 1. The molecule has 0 unspecified atom stereocenters. The van der Waals surface area contributed by atoms with Crippen molar-refractivity contribution in [3.05, 3.63) is 117 Å². The molecule has 2 nitrogen and oxygen atoms in total. The third-order valence-electron chi connectivity index (χ3n) is 9.36. The van der Waals surface area contributed by atoms with Crippen LogP contribution >= 0.6 is 68.0 Å². The van der Waals surface area contributed by atoms with E-state index in [0.717, 1.165) is 104 Å². The lowest BCUT2D eigenvalue weighted by molar-refractivity contribution is -0.137. The number of hydrogen-bond acceptors (Lipinski definition) is 8. The summed E-state index contributed by atoms with van der Waals surface area (Å²) in [6, 6.07) is 25.5. The van der Waals surface area contributed by atoms with E-state index in [1.807, 2.05) is 24.3 Å². The van der Waals surface area contributed by atoms with Gasteiger partial charge < -0.3 is 5.11 Å². The summed E-state index contributed by atoms with van der Waals surface area (Å²) in [6.07, 6.45) is -4.42. The number of rotatable bonds is 7. The molecule has 54 heavy (non-hydrogen) atoms. The van der Waals surface area contributed by atoms with Gasteiger partial charge in [0, 0.05) is 77.7 Å². The van der Waals surface area contributed by atoms with E-state index in [0.29, 0.717) is 5.39 Å². The molecule has 0 saturated carbocycles. The molecule has 0 aliphatic carbocycles. The lowest BCUT2D eigenvalue weighted by Gasteiger charge is -2.09. The van der Waals surface area contributed by atoms with E-state index in [9.17, 15) is 23.1 Å². The number of carbonyl (C=O) groups is 1. The number of halogens is 4. The minimum absolute atomic E-state index is 0.101. The second-order valence-electron chi connectivity index (χ2n) is 13.0. The van der Waals surface area contributed by atoms with Gasteiger partial charge in [0.25, 0.3) is 0 Å². The van der Waals surface area contributed by atoms with Crippen molar-refractivity contribution in [2.45, 2.75) is 33.6 Å². The highest BCUT2D eigenvalue weighted by atomic mass is 32.1. The number of carbonyl (C=O) groups excluding carboxylic acids is 1.